The topological polar surface area (TPSA) is 59.2 Å². The molecule has 1 aromatic heterocycles. The van der Waals surface area contributed by atoms with Gasteiger partial charge in [-0.05, 0) is 30.2 Å². The minimum Gasteiger partial charge on any atom is -0.338 e. The Morgan fingerprint density at radius 2 is 1.89 bits per heavy atom. The van der Waals surface area contributed by atoms with Crippen molar-refractivity contribution in [1.29, 1.82) is 0 Å². The van der Waals surface area contributed by atoms with Crippen molar-refractivity contribution in [3.63, 3.8) is 0 Å². The maximum absolute atomic E-state index is 12.9. The number of hydrogen-bond acceptors (Lipinski definition) is 4. The van der Waals surface area contributed by atoms with Crippen LogP contribution in [0.4, 0.5) is 13.2 Å². The molecule has 1 aromatic carbocycles. The van der Waals surface area contributed by atoms with E-state index >= 15 is 0 Å². The molecule has 0 spiro atoms. The van der Waals surface area contributed by atoms with Gasteiger partial charge in [0.15, 0.2) is 0 Å². The Bertz CT molecular complexity index is 776. The van der Waals surface area contributed by atoms with Gasteiger partial charge in [-0.3, -0.25) is 4.79 Å². The molecule has 0 saturated carbocycles. The van der Waals surface area contributed by atoms with Crippen molar-refractivity contribution < 1.29 is 18.0 Å². The van der Waals surface area contributed by atoms with Gasteiger partial charge in [0.1, 0.15) is 5.03 Å². The fourth-order valence-corrected chi connectivity index (χ4v) is 3.87. The normalized spacial score (nSPS) is 19.6. The second-order valence-corrected chi connectivity index (χ2v) is 7.18. The highest BCUT2D eigenvalue weighted by atomic mass is 35.5. The molecule has 1 saturated heterocycles. The molecular weight excluding hydrogens is 399 g/mol. The van der Waals surface area contributed by atoms with Crippen LogP contribution in [0.15, 0.2) is 53.7 Å². The maximum atomic E-state index is 12.9. The summed E-state index contributed by atoms with van der Waals surface area (Å²) < 4.78 is 38.2. The van der Waals surface area contributed by atoms with Crippen LogP contribution in [0.25, 0.3) is 0 Å². The van der Waals surface area contributed by atoms with Gasteiger partial charge < -0.3 is 10.6 Å². The summed E-state index contributed by atoms with van der Waals surface area (Å²) in [5.74, 6) is -0.306. The van der Waals surface area contributed by atoms with Gasteiger partial charge >= 0.3 is 5.51 Å². The highest BCUT2D eigenvalue weighted by Crippen LogP contribution is 2.38. The minimum absolute atomic E-state index is 0. The molecule has 1 aliphatic heterocycles. The molecule has 1 amide bonds. The first-order valence-electron chi connectivity index (χ1n) is 8.14. The van der Waals surface area contributed by atoms with Crippen molar-refractivity contribution in [2.75, 3.05) is 19.6 Å². The highest BCUT2D eigenvalue weighted by molar-refractivity contribution is 8.00. The smallest absolute Gasteiger partial charge is 0.338 e. The number of benzene rings is 1. The molecule has 1 fully saturated rings. The Hall–Kier alpha value is -1.77. The van der Waals surface area contributed by atoms with E-state index in [1.807, 2.05) is 30.3 Å². The van der Waals surface area contributed by atoms with E-state index in [9.17, 15) is 18.0 Å². The number of nitrogens with two attached hydrogens (primary N) is 1. The fourth-order valence-electron chi connectivity index (χ4n) is 3.27. The zero-order valence-corrected chi connectivity index (χ0v) is 15.9. The average Bonchev–Trinajstić information content (AvgIpc) is 3.05. The van der Waals surface area contributed by atoms with Crippen LogP contribution in [-0.2, 0) is 0 Å². The molecule has 0 radical (unpaired) electrons. The molecule has 3 rings (SSSR count). The molecule has 0 aliphatic carbocycles. The fraction of sp³-hybridized carbons (Fsp3) is 0.333. The van der Waals surface area contributed by atoms with E-state index < -0.39 is 11.4 Å². The largest absolute Gasteiger partial charge is 0.447 e. The third-order valence-corrected chi connectivity index (χ3v) is 5.22. The number of alkyl halides is 3. The number of aromatic nitrogens is 1. The zero-order chi connectivity index (χ0) is 18.7. The quantitative estimate of drug-likeness (QED) is 0.766. The summed E-state index contributed by atoms with van der Waals surface area (Å²) in [4.78, 5) is 18.2. The summed E-state index contributed by atoms with van der Waals surface area (Å²) in [6.45, 7) is 1.25. The van der Waals surface area contributed by atoms with Crippen LogP contribution in [-0.4, -0.2) is 40.9 Å². The van der Waals surface area contributed by atoms with Crippen LogP contribution in [0.3, 0.4) is 0 Å². The molecule has 4 nitrogen and oxygen atoms in total. The third-order valence-electron chi connectivity index (χ3n) is 4.47. The van der Waals surface area contributed by atoms with Crippen LogP contribution in [0, 0.1) is 5.92 Å². The monoisotopic (exact) mass is 417 g/mol. The van der Waals surface area contributed by atoms with E-state index in [2.05, 4.69) is 4.98 Å². The van der Waals surface area contributed by atoms with Gasteiger partial charge in [0, 0.05) is 37.0 Å². The zero-order valence-electron chi connectivity index (χ0n) is 14.2. The molecule has 27 heavy (non-hydrogen) atoms. The second kappa shape index (κ2) is 8.95. The lowest BCUT2D eigenvalue weighted by Crippen LogP contribution is -2.30. The van der Waals surface area contributed by atoms with Crippen molar-refractivity contribution in [2.45, 2.75) is 16.5 Å². The maximum Gasteiger partial charge on any atom is 0.447 e. The lowest BCUT2D eigenvalue weighted by atomic mass is 9.89. The predicted molar refractivity (Wildman–Crippen MR) is 101 cm³/mol. The van der Waals surface area contributed by atoms with E-state index in [-0.39, 0.29) is 46.6 Å². The molecule has 146 valence electrons. The number of amides is 1. The van der Waals surface area contributed by atoms with Gasteiger partial charge in [-0.1, -0.05) is 30.3 Å². The van der Waals surface area contributed by atoms with Gasteiger partial charge in [-0.2, -0.15) is 13.2 Å². The van der Waals surface area contributed by atoms with Gasteiger partial charge in [-0.25, -0.2) is 4.98 Å². The van der Waals surface area contributed by atoms with Crippen LogP contribution >= 0.6 is 24.2 Å². The SMILES string of the molecule is Cl.NC[C@@H]1CN(C(=O)c2cccnc2SC(F)(F)F)C[C@H]1c1ccccc1. The predicted octanol–water partition coefficient (Wildman–Crippen LogP) is 3.93. The summed E-state index contributed by atoms with van der Waals surface area (Å²) in [5, 5.41) is -0.322. The van der Waals surface area contributed by atoms with Crippen LogP contribution in [0.1, 0.15) is 21.8 Å². The molecule has 0 bridgehead atoms. The molecule has 2 atom stereocenters. The lowest BCUT2D eigenvalue weighted by molar-refractivity contribution is -0.0329. The summed E-state index contributed by atoms with van der Waals surface area (Å²) in [6, 6.07) is 12.6. The van der Waals surface area contributed by atoms with Gasteiger partial charge in [0.05, 0.1) is 5.56 Å². The first-order valence-corrected chi connectivity index (χ1v) is 8.95. The Morgan fingerprint density at radius 3 is 2.52 bits per heavy atom. The van der Waals surface area contributed by atoms with Gasteiger partial charge in [-0.15, -0.1) is 12.4 Å². The summed E-state index contributed by atoms with van der Waals surface area (Å²) in [7, 11) is 0. The number of thioether (sulfide) groups is 1. The number of carbonyl (C=O) groups is 1. The van der Waals surface area contributed by atoms with E-state index in [0.717, 1.165) is 5.56 Å². The lowest BCUT2D eigenvalue weighted by Gasteiger charge is -2.18. The first kappa shape index (κ1) is 21.5. The summed E-state index contributed by atoms with van der Waals surface area (Å²) in [6.07, 6.45) is 1.25. The number of hydrogen-bond donors (Lipinski definition) is 1. The first-order chi connectivity index (χ1) is 12.4. The molecule has 2 N–H and O–H groups in total. The number of nitrogens with zero attached hydrogens (tertiary/aromatic N) is 2. The van der Waals surface area contributed by atoms with E-state index in [0.29, 0.717) is 19.6 Å². The van der Waals surface area contributed by atoms with Crippen LogP contribution < -0.4 is 5.73 Å². The number of likely N-dealkylation sites (tertiary alicyclic amines) is 1. The van der Waals surface area contributed by atoms with Crippen molar-refractivity contribution in [3.05, 3.63) is 59.8 Å². The molecular formula is C18H19ClF3N3OS. The molecule has 0 unspecified atom stereocenters. The number of pyridine rings is 1. The molecule has 2 heterocycles. The summed E-state index contributed by atoms with van der Waals surface area (Å²) in [5.41, 5.74) is 2.42. The van der Waals surface area contributed by atoms with Crippen LogP contribution in [0.2, 0.25) is 0 Å². The van der Waals surface area contributed by atoms with Gasteiger partial charge in [0.2, 0.25) is 0 Å². The molecule has 2 aromatic rings. The Labute approximate surface area is 165 Å². The van der Waals surface area contributed by atoms with Crippen molar-refractivity contribution >= 4 is 30.1 Å². The minimum atomic E-state index is -4.50. The van der Waals surface area contributed by atoms with E-state index in [1.165, 1.54) is 18.3 Å². The number of carbonyl (C=O) groups excluding carboxylic acids is 1. The Balaban J connectivity index is 0.00000261. The number of rotatable bonds is 4. The standard InChI is InChI=1S/C18H18F3N3OS.ClH/c19-18(20,21)26-16-14(7-4-8-23-16)17(25)24-10-13(9-22)15(11-24)12-5-2-1-3-6-12;/h1-8,13,15H,9-11,22H2;1H/t13-,15+;/m1./s1. The summed E-state index contributed by atoms with van der Waals surface area (Å²) >= 11 is -0.365. The molecule has 1 aliphatic rings. The third kappa shape index (κ3) is 5.15. The van der Waals surface area contributed by atoms with E-state index in [4.69, 9.17) is 5.73 Å². The number of halogens is 4. The second-order valence-electron chi connectivity index (χ2n) is 6.13. The highest BCUT2D eigenvalue weighted by Gasteiger charge is 2.38. The van der Waals surface area contributed by atoms with E-state index in [1.54, 1.807) is 4.90 Å². The molecule has 9 heteroatoms. The average molecular weight is 418 g/mol. The Kier molecular flexibility index (Phi) is 7.13. The van der Waals surface area contributed by atoms with Crippen LogP contribution in [0.5, 0.6) is 0 Å². The van der Waals surface area contributed by atoms with Gasteiger partial charge in [0.25, 0.3) is 5.91 Å². The van der Waals surface area contributed by atoms with Crippen molar-refractivity contribution in [3.8, 4) is 0 Å². The van der Waals surface area contributed by atoms with Crippen molar-refractivity contribution in [1.82, 2.24) is 9.88 Å². The van der Waals surface area contributed by atoms with Crippen molar-refractivity contribution in [2.24, 2.45) is 11.7 Å². The Morgan fingerprint density at radius 1 is 1.19 bits per heavy atom.